The molecule has 0 aliphatic heterocycles. The maximum absolute atomic E-state index is 12.6. The van der Waals surface area contributed by atoms with E-state index in [1.165, 1.54) is 19.2 Å². The van der Waals surface area contributed by atoms with E-state index in [-0.39, 0.29) is 24.9 Å². The predicted molar refractivity (Wildman–Crippen MR) is 134 cm³/mol. The third kappa shape index (κ3) is 7.95. The van der Waals surface area contributed by atoms with E-state index in [1.54, 1.807) is 32.9 Å². The smallest absolute Gasteiger partial charge is 0.311 e. The van der Waals surface area contributed by atoms with E-state index in [0.717, 1.165) is 11.1 Å². The van der Waals surface area contributed by atoms with Crippen molar-refractivity contribution in [3.63, 3.8) is 0 Å². The Morgan fingerprint density at radius 3 is 1.94 bits per heavy atom. The molecule has 2 rings (SSSR count). The van der Waals surface area contributed by atoms with Gasteiger partial charge >= 0.3 is 11.9 Å². The van der Waals surface area contributed by atoms with Gasteiger partial charge in [-0.05, 0) is 69.0 Å². The lowest BCUT2D eigenvalue weighted by molar-refractivity contribution is -0.384. The molecule has 188 valence electrons. The lowest BCUT2D eigenvalue weighted by Gasteiger charge is -2.33. The monoisotopic (exact) mass is 483 g/mol. The Hall–Kier alpha value is -3.68. The van der Waals surface area contributed by atoms with Gasteiger partial charge in [0.1, 0.15) is 19.0 Å². The van der Waals surface area contributed by atoms with E-state index >= 15 is 0 Å². The molecule has 0 aliphatic rings. The minimum atomic E-state index is -0.851. The number of nitrogens with zero attached hydrogens (tertiary/aromatic N) is 1. The van der Waals surface area contributed by atoms with Gasteiger partial charge in [0.15, 0.2) is 0 Å². The largest absolute Gasteiger partial charge is 0.490 e. The highest BCUT2D eigenvalue weighted by Gasteiger charge is 2.42. The molecule has 0 saturated heterocycles. The second-order valence-corrected chi connectivity index (χ2v) is 9.20. The summed E-state index contributed by atoms with van der Waals surface area (Å²) < 4.78 is 16.0. The Kier molecular flexibility index (Phi) is 9.57. The summed E-state index contributed by atoms with van der Waals surface area (Å²) in [6.07, 6.45) is 4.63. The second-order valence-electron chi connectivity index (χ2n) is 9.20. The van der Waals surface area contributed by atoms with Gasteiger partial charge in [0.05, 0.1) is 22.9 Å². The van der Waals surface area contributed by atoms with Gasteiger partial charge in [-0.25, -0.2) is 0 Å². The summed E-state index contributed by atoms with van der Waals surface area (Å²) in [4.78, 5) is 35.0. The van der Waals surface area contributed by atoms with Gasteiger partial charge in [-0.15, -0.1) is 0 Å². The Morgan fingerprint density at radius 1 is 0.914 bits per heavy atom. The van der Waals surface area contributed by atoms with Crippen molar-refractivity contribution in [2.45, 2.75) is 40.5 Å². The van der Waals surface area contributed by atoms with Crippen LogP contribution < -0.4 is 4.74 Å². The number of ether oxygens (including phenoxy) is 3. The van der Waals surface area contributed by atoms with E-state index < -0.39 is 21.7 Å². The van der Waals surface area contributed by atoms with Crippen molar-refractivity contribution in [1.82, 2.24) is 0 Å². The number of carbonyl (C=O) groups excluding carboxylic acids is 2. The summed E-state index contributed by atoms with van der Waals surface area (Å²) in [6, 6.07) is 13.7. The van der Waals surface area contributed by atoms with Crippen molar-refractivity contribution >= 4 is 29.8 Å². The third-order valence-electron chi connectivity index (χ3n) is 5.88. The maximum Gasteiger partial charge on any atom is 0.311 e. The van der Waals surface area contributed by atoms with E-state index in [2.05, 4.69) is 0 Å². The van der Waals surface area contributed by atoms with Crippen molar-refractivity contribution in [3.8, 4) is 5.75 Å². The normalized spacial score (nSPS) is 13.2. The van der Waals surface area contributed by atoms with Crippen LogP contribution in [0, 0.1) is 20.9 Å². The SMILES string of the molecule is CCC(C)(CC(C)(C)C(=O)OCCOc1ccc(/C=C/c2ccc([N+](=O)[O-])cc2)cc1)C(=O)OC. The van der Waals surface area contributed by atoms with Gasteiger partial charge in [-0.1, -0.05) is 31.2 Å². The Morgan fingerprint density at radius 2 is 1.46 bits per heavy atom. The van der Waals surface area contributed by atoms with E-state index in [4.69, 9.17) is 14.2 Å². The first-order chi connectivity index (χ1) is 16.5. The molecule has 1 unspecified atom stereocenters. The highest BCUT2D eigenvalue weighted by molar-refractivity contribution is 5.80. The van der Waals surface area contributed by atoms with Crippen molar-refractivity contribution in [2.24, 2.45) is 10.8 Å². The number of nitro groups is 1. The van der Waals surface area contributed by atoms with Gasteiger partial charge in [0.2, 0.25) is 0 Å². The van der Waals surface area contributed by atoms with Crippen molar-refractivity contribution in [2.75, 3.05) is 20.3 Å². The molecular weight excluding hydrogens is 450 g/mol. The zero-order valence-electron chi connectivity index (χ0n) is 20.9. The summed E-state index contributed by atoms with van der Waals surface area (Å²) in [6.45, 7) is 7.49. The van der Waals surface area contributed by atoms with Crippen molar-refractivity contribution in [1.29, 1.82) is 0 Å². The zero-order chi connectivity index (χ0) is 26.1. The molecule has 0 radical (unpaired) electrons. The molecule has 0 N–H and O–H groups in total. The van der Waals surface area contributed by atoms with Crippen LogP contribution in [0.5, 0.6) is 5.75 Å². The highest BCUT2D eigenvalue weighted by atomic mass is 16.6. The fourth-order valence-corrected chi connectivity index (χ4v) is 3.70. The minimum absolute atomic E-state index is 0.0542. The van der Waals surface area contributed by atoms with Crippen LogP contribution in [0.3, 0.4) is 0 Å². The number of methoxy groups -OCH3 is 1. The first-order valence-electron chi connectivity index (χ1n) is 11.4. The fourth-order valence-electron chi connectivity index (χ4n) is 3.70. The molecule has 0 spiro atoms. The van der Waals surface area contributed by atoms with Crippen LogP contribution in [0.4, 0.5) is 5.69 Å². The quantitative estimate of drug-likeness (QED) is 0.125. The number of hydrogen-bond donors (Lipinski definition) is 0. The van der Waals surface area contributed by atoms with Crippen LogP contribution in [-0.4, -0.2) is 37.2 Å². The molecule has 2 aromatic rings. The predicted octanol–water partition coefficient (Wildman–Crippen LogP) is 5.69. The molecule has 0 fully saturated rings. The van der Waals surface area contributed by atoms with Gasteiger partial charge < -0.3 is 14.2 Å². The summed E-state index contributed by atoms with van der Waals surface area (Å²) in [5, 5.41) is 10.7. The minimum Gasteiger partial charge on any atom is -0.490 e. The van der Waals surface area contributed by atoms with Crippen LogP contribution in [0.2, 0.25) is 0 Å². The molecule has 35 heavy (non-hydrogen) atoms. The molecule has 1 atom stereocenters. The first-order valence-corrected chi connectivity index (χ1v) is 11.4. The Balaban J connectivity index is 1.82. The molecule has 0 bridgehead atoms. The van der Waals surface area contributed by atoms with Crippen LogP contribution in [-0.2, 0) is 19.1 Å². The van der Waals surface area contributed by atoms with Gasteiger partial charge in [0.25, 0.3) is 5.69 Å². The van der Waals surface area contributed by atoms with Crippen LogP contribution in [0.25, 0.3) is 12.2 Å². The third-order valence-corrected chi connectivity index (χ3v) is 5.88. The van der Waals surface area contributed by atoms with Gasteiger partial charge in [-0.3, -0.25) is 19.7 Å². The summed E-state index contributed by atoms with van der Waals surface area (Å²) in [5.41, 5.74) is 0.234. The average Bonchev–Trinajstić information content (AvgIpc) is 2.85. The molecular formula is C27H33NO7. The standard InChI is InChI=1S/C27H33NO7/c1-6-27(4,25(30)33-5)19-26(2,3)24(29)35-18-17-34-23-15-11-21(12-16-23)8-7-20-9-13-22(14-10-20)28(31)32/h7-16H,6,17-19H2,1-5H3/b8-7+. The Labute approximate surface area is 206 Å². The van der Waals surface area contributed by atoms with Gasteiger partial charge in [-0.2, -0.15) is 0 Å². The molecule has 8 nitrogen and oxygen atoms in total. The fraction of sp³-hybridized carbons (Fsp3) is 0.407. The summed E-state index contributed by atoms with van der Waals surface area (Å²) in [5.74, 6) is -0.0938. The van der Waals surface area contributed by atoms with E-state index in [1.807, 2.05) is 43.3 Å². The maximum atomic E-state index is 12.6. The molecule has 2 aromatic carbocycles. The number of nitro benzene ring substituents is 1. The molecule has 0 aliphatic carbocycles. The Bertz CT molecular complexity index is 1040. The van der Waals surface area contributed by atoms with Crippen molar-refractivity contribution in [3.05, 3.63) is 69.8 Å². The first kappa shape index (κ1) is 27.6. The number of carbonyl (C=O) groups is 2. The van der Waals surface area contributed by atoms with E-state index in [9.17, 15) is 19.7 Å². The lowest BCUT2D eigenvalue weighted by atomic mass is 9.72. The topological polar surface area (TPSA) is 105 Å². The molecule has 8 heteroatoms. The number of hydrogen-bond acceptors (Lipinski definition) is 7. The lowest BCUT2D eigenvalue weighted by Crippen LogP contribution is -2.38. The number of benzene rings is 2. The average molecular weight is 484 g/mol. The van der Waals surface area contributed by atoms with Crippen LogP contribution in [0.1, 0.15) is 51.7 Å². The van der Waals surface area contributed by atoms with Crippen molar-refractivity contribution < 1.29 is 28.7 Å². The van der Waals surface area contributed by atoms with Crippen LogP contribution in [0.15, 0.2) is 48.5 Å². The van der Waals surface area contributed by atoms with Gasteiger partial charge in [0, 0.05) is 12.1 Å². The molecule has 0 aromatic heterocycles. The summed E-state index contributed by atoms with van der Waals surface area (Å²) in [7, 11) is 1.35. The highest BCUT2D eigenvalue weighted by Crippen LogP contribution is 2.38. The number of rotatable bonds is 12. The molecule has 0 heterocycles. The summed E-state index contributed by atoms with van der Waals surface area (Å²) >= 11 is 0. The zero-order valence-corrected chi connectivity index (χ0v) is 20.9. The number of esters is 2. The molecule has 0 saturated carbocycles. The second kappa shape index (κ2) is 12.1. The molecule has 0 amide bonds. The number of non-ortho nitro benzene ring substituents is 1. The van der Waals surface area contributed by atoms with E-state index in [0.29, 0.717) is 18.6 Å². The van der Waals surface area contributed by atoms with Crippen LogP contribution >= 0.6 is 0 Å².